The van der Waals surface area contributed by atoms with Crippen LogP contribution in [0.4, 0.5) is 0 Å². The number of hydrogen-bond acceptors (Lipinski definition) is 3. The maximum Gasteiger partial charge on any atom is 0.136 e. The van der Waals surface area contributed by atoms with Gasteiger partial charge in [-0.05, 0) is 60.2 Å². The summed E-state index contributed by atoms with van der Waals surface area (Å²) in [6, 6.07) is 54.1. The van der Waals surface area contributed by atoms with E-state index >= 15 is 0 Å². The molecular weight excluding hydrogens is 601 g/mol. The van der Waals surface area contributed by atoms with Crippen molar-refractivity contribution in [3.8, 4) is 34.6 Å². The fourth-order valence-electron chi connectivity index (χ4n) is 7.70. The number of nitrogens with zero attached hydrogens (tertiary/aromatic N) is 4. The number of aromatic nitrogens is 2. The van der Waals surface area contributed by atoms with Crippen molar-refractivity contribution < 1.29 is 4.42 Å². The Balaban J connectivity index is 1.30. The van der Waals surface area contributed by atoms with Gasteiger partial charge >= 0.3 is 0 Å². The normalized spacial score (nSPS) is 11.6. The second-order valence-electron chi connectivity index (χ2n) is 12.3. The van der Waals surface area contributed by atoms with Gasteiger partial charge in [0, 0.05) is 37.9 Å². The third-order valence-electron chi connectivity index (χ3n) is 9.80. The summed E-state index contributed by atoms with van der Waals surface area (Å²) in [6.07, 6.45) is 0. The Morgan fingerprint density at radius 1 is 0.429 bits per heavy atom. The highest BCUT2D eigenvalue weighted by atomic mass is 16.3. The van der Waals surface area contributed by atoms with Crippen molar-refractivity contribution in [3.05, 3.63) is 157 Å². The molecule has 10 rings (SSSR count). The second-order valence-corrected chi connectivity index (χ2v) is 12.3. The molecule has 0 aliphatic carbocycles. The maximum absolute atomic E-state index is 10.6. The Bertz CT molecular complexity index is 3030. The zero-order valence-corrected chi connectivity index (χ0v) is 26.1. The van der Waals surface area contributed by atoms with Gasteiger partial charge in [-0.2, -0.15) is 10.5 Å². The standard InChI is InChI=1S/C44H24N4O/c45-25-28-21-20-27(22-40(28)47-37-16-5-1-11-31(37)32-12-2-6-17-38(32)47)30-15-9-10-29(26-46)44(30)48-39-18-7-3-13-33(39)35-24-43-36(23-41(35)48)34-14-4-8-19-42(34)49-43/h1-24H. The van der Waals surface area contributed by atoms with E-state index in [1.807, 2.05) is 78.9 Å². The van der Waals surface area contributed by atoms with E-state index in [2.05, 4.69) is 88.0 Å². The Kier molecular flexibility index (Phi) is 5.64. The van der Waals surface area contributed by atoms with E-state index < -0.39 is 0 Å². The van der Waals surface area contributed by atoms with Gasteiger partial charge in [-0.25, -0.2) is 0 Å². The van der Waals surface area contributed by atoms with Gasteiger partial charge in [-0.15, -0.1) is 0 Å². The molecule has 49 heavy (non-hydrogen) atoms. The average Bonchev–Trinajstić information content (AvgIpc) is 3.80. The number of hydrogen-bond donors (Lipinski definition) is 0. The minimum absolute atomic E-state index is 0.556. The SMILES string of the molecule is N#Cc1ccc(-c2cccc(C#N)c2-n2c3ccccc3c3cc4oc5ccccc5c4cc32)cc1-n1c2ccccc2c2ccccc21. The molecule has 10 aromatic rings. The molecule has 5 heteroatoms. The summed E-state index contributed by atoms with van der Waals surface area (Å²) in [7, 11) is 0. The van der Waals surface area contributed by atoms with Crippen LogP contribution in [0.5, 0.6) is 0 Å². The van der Waals surface area contributed by atoms with Gasteiger partial charge in [0.05, 0.1) is 44.6 Å². The molecule has 226 valence electrons. The first kappa shape index (κ1) is 27.1. The molecule has 0 saturated carbocycles. The smallest absolute Gasteiger partial charge is 0.136 e. The van der Waals surface area contributed by atoms with E-state index in [0.29, 0.717) is 11.1 Å². The lowest BCUT2D eigenvalue weighted by Crippen LogP contribution is -2.02. The minimum atomic E-state index is 0.556. The van der Waals surface area contributed by atoms with Crippen molar-refractivity contribution in [2.45, 2.75) is 0 Å². The van der Waals surface area contributed by atoms with Crippen molar-refractivity contribution in [1.29, 1.82) is 10.5 Å². The Labute approximate surface area is 280 Å². The first-order valence-corrected chi connectivity index (χ1v) is 16.1. The summed E-state index contributed by atoms with van der Waals surface area (Å²) in [5.74, 6) is 0. The van der Waals surface area contributed by atoms with Crippen LogP contribution in [-0.4, -0.2) is 9.13 Å². The van der Waals surface area contributed by atoms with Gasteiger partial charge < -0.3 is 13.6 Å². The van der Waals surface area contributed by atoms with Crippen LogP contribution in [0.3, 0.4) is 0 Å². The largest absolute Gasteiger partial charge is 0.456 e. The van der Waals surface area contributed by atoms with E-state index in [9.17, 15) is 10.5 Å². The number of nitriles is 2. The van der Waals surface area contributed by atoms with Crippen LogP contribution in [0.1, 0.15) is 11.1 Å². The lowest BCUT2D eigenvalue weighted by Gasteiger charge is -2.17. The third-order valence-corrected chi connectivity index (χ3v) is 9.80. The summed E-state index contributed by atoms with van der Waals surface area (Å²) >= 11 is 0. The number of para-hydroxylation sites is 5. The molecule has 0 unspecified atom stereocenters. The van der Waals surface area contributed by atoms with Crippen LogP contribution in [-0.2, 0) is 0 Å². The van der Waals surface area contributed by atoms with Crippen molar-refractivity contribution in [3.63, 3.8) is 0 Å². The fraction of sp³-hybridized carbons (Fsp3) is 0. The average molecular weight is 625 g/mol. The first-order chi connectivity index (χ1) is 24.2. The van der Waals surface area contributed by atoms with E-state index in [-0.39, 0.29) is 0 Å². The fourth-order valence-corrected chi connectivity index (χ4v) is 7.70. The van der Waals surface area contributed by atoms with Gasteiger partial charge in [0.15, 0.2) is 0 Å². The molecule has 0 amide bonds. The highest BCUT2D eigenvalue weighted by Crippen LogP contribution is 2.42. The third kappa shape index (κ3) is 3.79. The molecule has 0 aliphatic heterocycles. The predicted molar refractivity (Wildman–Crippen MR) is 197 cm³/mol. The molecule has 0 radical (unpaired) electrons. The van der Waals surface area contributed by atoms with Crippen LogP contribution >= 0.6 is 0 Å². The topological polar surface area (TPSA) is 70.6 Å². The monoisotopic (exact) mass is 624 g/mol. The van der Waals surface area contributed by atoms with Gasteiger partial charge in [0.1, 0.15) is 23.3 Å². The summed E-state index contributed by atoms with van der Waals surface area (Å²) in [6.45, 7) is 0. The molecule has 0 aliphatic rings. The number of furan rings is 1. The van der Waals surface area contributed by atoms with Crippen LogP contribution < -0.4 is 0 Å². The molecule has 0 N–H and O–H groups in total. The zero-order chi connectivity index (χ0) is 32.6. The molecular formula is C44H24N4O. The van der Waals surface area contributed by atoms with Crippen LogP contribution in [0.25, 0.3) is 88.1 Å². The molecule has 3 aromatic heterocycles. The summed E-state index contributed by atoms with van der Waals surface area (Å²) in [4.78, 5) is 0. The van der Waals surface area contributed by atoms with Crippen molar-refractivity contribution in [1.82, 2.24) is 9.13 Å². The van der Waals surface area contributed by atoms with Gasteiger partial charge in [0.2, 0.25) is 0 Å². The molecule has 3 heterocycles. The lowest BCUT2D eigenvalue weighted by atomic mass is 9.97. The Morgan fingerprint density at radius 3 is 1.73 bits per heavy atom. The maximum atomic E-state index is 10.6. The van der Waals surface area contributed by atoms with Gasteiger partial charge in [-0.1, -0.05) is 91.0 Å². The zero-order valence-electron chi connectivity index (χ0n) is 26.1. The second kappa shape index (κ2) is 10.2. The molecule has 7 aromatic carbocycles. The predicted octanol–water partition coefficient (Wildman–Crippen LogP) is 11.2. The Morgan fingerprint density at radius 2 is 1.04 bits per heavy atom. The van der Waals surface area contributed by atoms with E-state index in [0.717, 1.165) is 88.1 Å². The highest BCUT2D eigenvalue weighted by Gasteiger charge is 2.22. The van der Waals surface area contributed by atoms with E-state index in [1.54, 1.807) is 0 Å². The van der Waals surface area contributed by atoms with Gasteiger partial charge in [0.25, 0.3) is 0 Å². The van der Waals surface area contributed by atoms with Crippen molar-refractivity contribution >= 4 is 65.6 Å². The summed E-state index contributed by atoms with van der Waals surface area (Å²) in [5.41, 5.74) is 10.2. The molecule has 0 bridgehead atoms. The van der Waals surface area contributed by atoms with Crippen LogP contribution in [0.15, 0.2) is 150 Å². The molecule has 5 nitrogen and oxygen atoms in total. The number of rotatable bonds is 3. The van der Waals surface area contributed by atoms with Gasteiger partial charge in [-0.3, -0.25) is 0 Å². The quantitative estimate of drug-likeness (QED) is 0.196. The van der Waals surface area contributed by atoms with E-state index in [4.69, 9.17) is 4.42 Å². The van der Waals surface area contributed by atoms with Crippen molar-refractivity contribution in [2.24, 2.45) is 0 Å². The first-order valence-electron chi connectivity index (χ1n) is 16.1. The van der Waals surface area contributed by atoms with Crippen molar-refractivity contribution in [2.75, 3.05) is 0 Å². The number of benzene rings is 7. The van der Waals surface area contributed by atoms with Crippen LogP contribution in [0.2, 0.25) is 0 Å². The summed E-state index contributed by atoms with van der Waals surface area (Å²) in [5, 5.41) is 27.4. The van der Waals surface area contributed by atoms with E-state index in [1.165, 1.54) is 0 Å². The lowest BCUT2D eigenvalue weighted by molar-refractivity contribution is 0.669. The Hall–Kier alpha value is -7.08. The van der Waals surface area contributed by atoms with Crippen LogP contribution in [0, 0.1) is 22.7 Å². The molecule has 0 fully saturated rings. The highest BCUT2D eigenvalue weighted by molar-refractivity contribution is 6.17. The summed E-state index contributed by atoms with van der Waals surface area (Å²) < 4.78 is 10.7. The molecule has 0 saturated heterocycles. The molecule has 0 spiro atoms. The minimum Gasteiger partial charge on any atom is -0.456 e. The number of fused-ring (bicyclic) bond motifs is 9. The molecule has 0 atom stereocenters.